The van der Waals surface area contributed by atoms with Crippen LogP contribution in [0.2, 0.25) is 0 Å². The van der Waals surface area contributed by atoms with Gasteiger partial charge in [0.05, 0.1) is 4.90 Å². The summed E-state index contributed by atoms with van der Waals surface area (Å²) in [6.45, 7) is 1.98. The van der Waals surface area contributed by atoms with E-state index in [1.807, 2.05) is 0 Å². The van der Waals surface area contributed by atoms with E-state index in [2.05, 4.69) is 14.8 Å². The molecule has 0 bridgehead atoms. The molecule has 0 saturated heterocycles. The van der Waals surface area contributed by atoms with Crippen molar-refractivity contribution in [3.05, 3.63) is 36.4 Å². The molecule has 1 atom stereocenters. The highest BCUT2D eigenvalue weighted by Gasteiger charge is 2.24. The molecule has 0 aliphatic heterocycles. The van der Waals surface area contributed by atoms with Gasteiger partial charge in [-0.25, -0.2) is 13.4 Å². The van der Waals surface area contributed by atoms with Crippen LogP contribution in [-0.4, -0.2) is 40.3 Å². The minimum absolute atomic E-state index is 0.0270. The highest BCUT2D eigenvalue weighted by molar-refractivity contribution is 7.89. The number of hydrogen-bond acceptors (Lipinski definition) is 6. The molecular weight excluding hydrogens is 348 g/mol. The van der Waals surface area contributed by atoms with E-state index in [4.69, 9.17) is 9.84 Å². The van der Waals surface area contributed by atoms with Gasteiger partial charge < -0.3 is 9.84 Å². The number of carbonyl (C=O) groups is 1. The molecule has 1 aromatic carbocycles. The van der Waals surface area contributed by atoms with Gasteiger partial charge in [-0.15, -0.1) is 0 Å². The Labute approximate surface area is 145 Å². The van der Waals surface area contributed by atoms with E-state index in [0.29, 0.717) is 18.0 Å². The summed E-state index contributed by atoms with van der Waals surface area (Å²) in [6.07, 6.45) is 2.18. The lowest BCUT2D eigenvalue weighted by molar-refractivity contribution is -0.139. The Balaban J connectivity index is 2.04. The van der Waals surface area contributed by atoms with E-state index < -0.39 is 22.0 Å². The fourth-order valence-electron chi connectivity index (χ4n) is 2.09. The van der Waals surface area contributed by atoms with Crippen LogP contribution in [0.1, 0.15) is 25.6 Å². The number of aromatic nitrogens is 3. The van der Waals surface area contributed by atoms with Crippen LogP contribution in [-0.2, 0) is 28.5 Å². The van der Waals surface area contributed by atoms with Crippen molar-refractivity contribution in [2.24, 2.45) is 7.05 Å². The van der Waals surface area contributed by atoms with Crippen molar-refractivity contribution in [2.45, 2.75) is 37.3 Å². The van der Waals surface area contributed by atoms with Gasteiger partial charge in [0.15, 0.2) is 5.82 Å². The third-order valence-corrected chi connectivity index (χ3v) is 4.97. The summed E-state index contributed by atoms with van der Waals surface area (Å²) >= 11 is 0. The van der Waals surface area contributed by atoms with E-state index in [1.165, 1.54) is 30.6 Å². The molecule has 0 spiro atoms. The Morgan fingerprint density at radius 3 is 2.56 bits per heavy atom. The van der Waals surface area contributed by atoms with Crippen LogP contribution in [0, 0.1) is 0 Å². The maximum Gasteiger partial charge on any atom is 0.321 e. The van der Waals surface area contributed by atoms with Crippen LogP contribution in [0.25, 0.3) is 0 Å². The first-order chi connectivity index (χ1) is 11.8. The van der Waals surface area contributed by atoms with E-state index >= 15 is 0 Å². The van der Waals surface area contributed by atoms with E-state index in [0.717, 1.165) is 0 Å². The van der Waals surface area contributed by atoms with Crippen molar-refractivity contribution in [1.29, 1.82) is 0 Å². The Hall–Kier alpha value is -2.46. The quantitative estimate of drug-likeness (QED) is 0.674. The second-order valence-corrected chi connectivity index (χ2v) is 7.07. The number of carboxylic acid groups (broad SMARTS) is 1. The lowest BCUT2D eigenvalue weighted by Crippen LogP contribution is -2.40. The van der Waals surface area contributed by atoms with Crippen LogP contribution < -0.4 is 9.46 Å². The van der Waals surface area contributed by atoms with Gasteiger partial charge in [-0.05, 0) is 30.7 Å². The zero-order valence-corrected chi connectivity index (χ0v) is 14.7. The highest BCUT2D eigenvalue weighted by atomic mass is 32.2. The van der Waals surface area contributed by atoms with Crippen LogP contribution in [0.5, 0.6) is 5.75 Å². The monoisotopic (exact) mass is 368 g/mol. The third-order valence-electron chi connectivity index (χ3n) is 3.48. The van der Waals surface area contributed by atoms with Gasteiger partial charge in [-0.1, -0.05) is 13.3 Å². The molecule has 0 radical (unpaired) electrons. The predicted molar refractivity (Wildman–Crippen MR) is 88.4 cm³/mol. The number of carboxylic acids is 1. The van der Waals surface area contributed by atoms with Gasteiger partial charge >= 0.3 is 5.97 Å². The highest BCUT2D eigenvalue weighted by Crippen LogP contribution is 2.17. The summed E-state index contributed by atoms with van der Waals surface area (Å²) in [5, 5.41) is 13.0. The van der Waals surface area contributed by atoms with Crippen molar-refractivity contribution in [2.75, 3.05) is 0 Å². The average Bonchev–Trinajstić information content (AvgIpc) is 2.98. The molecule has 2 rings (SSSR count). The smallest absolute Gasteiger partial charge is 0.321 e. The van der Waals surface area contributed by atoms with E-state index in [9.17, 15) is 13.2 Å². The number of aliphatic carboxylic acids is 1. The molecule has 1 aromatic heterocycles. The Bertz CT molecular complexity index is 817. The second-order valence-electron chi connectivity index (χ2n) is 5.36. The Kier molecular flexibility index (Phi) is 6.10. The minimum Gasteiger partial charge on any atom is -0.486 e. The standard InChI is InChI=1S/C15H20N4O5S/c1-3-4-13(15(20)21)18-25(22,23)12-7-5-11(6-8-12)24-9-14-16-10-17-19(14)2/h5-8,10,13,18H,3-4,9H2,1-2H3,(H,20,21). The SMILES string of the molecule is CCCC(NS(=O)(=O)c1ccc(OCc2ncnn2C)cc1)C(=O)O. The van der Waals surface area contributed by atoms with Crippen molar-refractivity contribution in [1.82, 2.24) is 19.5 Å². The maximum absolute atomic E-state index is 12.3. The fourth-order valence-corrected chi connectivity index (χ4v) is 3.31. The van der Waals surface area contributed by atoms with Gasteiger partial charge in [-0.3, -0.25) is 9.48 Å². The number of benzene rings is 1. The molecule has 0 amide bonds. The van der Waals surface area contributed by atoms with Crippen molar-refractivity contribution < 1.29 is 23.1 Å². The summed E-state index contributed by atoms with van der Waals surface area (Å²) in [7, 11) is -2.18. The Morgan fingerprint density at radius 1 is 1.36 bits per heavy atom. The zero-order valence-electron chi connectivity index (χ0n) is 13.9. The van der Waals surface area contributed by atoms with E-state index in [1.54, 1.807) is 18.7 Å². The summed E-state index contributed by atoms with van der Waals surface area (Å²) < 4.78 is 33.9. The summed E-state index contributed by atoms with van der Waals surface area (Å²) in [4.78, 5) is 15.1. The first-order valence-electron chi connectivity index (χ1n) is 7.64. The number of nitrogens with one attached hydrogen (secondary N) is 1. The molecule has 136 valence electrons. The first kappa shape index (κ1) is 18.9. The molecule has 2 N–H and O–H groups in total. The predicted octanol–water partition coefficient (Wildman–Crippen LogP) is 0.926. The van der Waals surface area contributed by atoms with Crippen LogP contribution >= 0.6 is 0 Å². The lowest BCUT2D eigenvalue weighted by atomic mass is 10.2. The number of nitrogens with zero attached hydrogens (tertiary/aromatic N) is 3. The molecule has 0 fully saturated rings. The van der Waals surface area contributed by atoms with Crippen LogP contribution in [0.15, 0.2) is 35.5 Å². The molecular formula is C15H20N4O5S. The van der Waals surface area contributed by atoms with Gasteiger partial charge in [0.25, 0.3) is 0 Å². The minimum atomic E-state index is -3.92. The van der Waals surface area contributed by atoms with Crippen LogP contribution in [0.3, 0.4) is 0 Å². The molecule has 10 heteroatoms. The third kappa shape index (κ3) is 5.00. The summed E-state index contributed by atoms with van der Waals surface area (Å²) in [5.74, 6) is -0.110. The van der Waals surface area contributed by atoms with Crippen molar-refractivity contribution in [3.8, 4) is 5.75 Å². The van der Waals surface area contributed by atoms with Gasteiger partial charge in [0, 0.05) is 7.05 Å². The fraction of sp³-hybridized carbons (Fsp3) is 0.400. The molecule has 1 unspecified atom stereocenters. The first-order valence-corrected chi connectivity index (χ1v) is 9.12. The lowest BCUT2D eigenvalue weighted by Gasteiger charge is -2.14. The molecule has 0 saturated carbocycles. The number of hydrogen-bond donors (Lipinski definition) is 2. The molecule has 2 aromatic rings. The molecule has 25 heavy (non-hydrogen) atoms. The molecule has 0 aliphatic rings. The number of aryl methyl sites for hydroxylation is 1. The maximum atomic E-state index is 12.3. The van der Waals surface area contributed by atoms with Crippen molar-refractivity contribution in [3.63, 3.8) is 0 Å². The van der Waals surface area contributed by atoms with Gasteiger partial charge in [0.2, 0.25) is 10.0 Å². The molecule has 9 nitrogen and oxygen atoms in total. The second kappa shape index (κ2) is 8.08. The number of ether oxygens (including phenoxy) is 1. The number of rotatable bonds is 9. The normalized spacial score (nSPS) is 12.7. The molecule has 0 aliphatic carbocycles. The Morgan fingerprint density at radius 2 is 2.04 bits per heavy atom. The van der Waals surface area contributed by atoms with Gasteiger partial charge in [0.1, 0.15) is 24.7 Å². The largest absolute Gasteiger partial charge is 0.486 e. The summed E-state index contributed by atoms with van der Waals surface area (Å²) in [6, 6.07) is 4.57. The summed E-state index contributed by atoms with van der Waals surface area (Å²) in [5.41, 5.74) is 0. The molecule has 1 heterocycles. The van der Waals surface area contributed by atoms with Crippen LogP contribution in [0.4, 0.5) is 0 Å². The average molecular weight is 368 g/mol. The topological polar surface area (TPSA) is 123 Å². The van der Waals surface area contributed by atoms with E-state index in [-0.39, 0.29) is 17.9 Å². The van der Waals surface area contributed by atoms with Crippen molar-refractivity contribution >= 4 is 16.0 Å². The number of sulfonamides is 1. The zero-order chi connectivity index (χ0) is 18.4. The van der Waals surface area contributed by atoms with Gasteiger partial charge in [-0.2, -0.15) is 9.82 Å².